The number of hydrogen-bond acceptors (Lipinski definition) is 3. The van der Waals surface area contributed by atoms with Crippen LogP contribution in [0.2, 0.25) is 0 Å². The number of nitrogens with zero attached hydrogens (tertiary/aromatic N) is 1. The van der Waals surface area contributed by atoms with Crippen molar-refractivity contribution in [3.8, 4) is 0 Å². The van der Waals surface area contributed by atoms with Gasteiger partial charge in [0, 0.05) is 19.6 Å². The lowest BCUT2D eigenvalue weighted by molar-refractivity contribution is -0.0345. The molecule has 0 radical (unpaired) electrons. The highest BCUT2D eigenvalue weighted by molar-refractivity contribution is 7.07. The fraction of sp³-hybridized carbons (Fsp3) is 0.412. The first kappa shape index (κ1) is 13.8. The summed E-state index contributed by atoms with van der Waals surface area (Å²) in [6.45, 7) is 4.04. The van der Waals surface area contributed by atoms with Gasteiger partial charge < -0.3 is 4.74 Å². The van der Waals surface area contributed by atoms with E-state index in [1.165, 1.54) is 11.1 Å². The third kappa shape index (κ3) is 3.92. The molecular weight excluding hydrogens is 266 g/mol. The number of thiophene rings is 1. The van der Waals surface area contributed by atoms with E-state index in [-0.39, 0.29) is 0 Å². The highest BCUT2D eigenvalue weighted by Crippen LogP contribution is 2.16. The van der Waals surface area contributed by atoms with Gasteiger partial charge in [-0.3, -0.25) is 4.90 Å². The molecule has 1 aromatic carbocycles. The van der Waals surface area contributed by atoms with Crippen LogP contribution in [0.4, 0.5) is 0 Å². The van der Waals surface area contributed by atoms with Gasteiger partial charge in [-0.2, -0.15) is 11.3 Å². The molecule has 3 heteroatoms. The molecule has 0 N–H and O–H groups in total. The Morgan fingerprint density at radius 2 is 2.05 bits per heavy atom. The van der Waals surface area contributed by atoms with Crippen LogP contribution in [0.25, 0.3) is 0 Å². The standard InChI is InChI=1S/C17H21NOS/c1-2-4-15(5-3-1)6-7-17-13-18(9-10-19-17)12-16-8-11-20-14-16/h1-5,8,11,14,17H,6-7,9-10,12-13H2/t17-/m1/s1. The zero-order valence-electron chi connectivity index (χ0n) is 11.7. The molecule has 0 saturated carbocycles. The predicted molar refractivity (Wildman–Crippen MR) is 84.1 cm³/mol. The molecule has 1 saturated heterocycles. The molecule has 0 amide bonds. The first-order valence-corrected chi connectivity index (χ1v) is 8.23. The van der Waals surface area contributed by atoms with Gasteiger partial charge in [0.1, 0.15) is 0 Å². The Kier molecular flexibility index (Phi) is 4.85. The lowest BCUT2D eigenvalue weighted by Crippen LogP contribution is -2.42. The van der Waals surface area contributed by atoms with Crippen LogP contribution in [0.1, 0.15) is 17.5 Å². The van der Waals surface area contributed by atoms with Crippen molar-refractivity contribution in [1.29, 1.82) is 0 Å². The van der Waals surface area contributed by atoms with Gasteiger partial charge in [0.05, 0.1) is 12.7 Å². The number of rotatable bonds is 5. The maximum absolute atomic E-state index is 5.91. The third-order valence-electron chi connectivity index (χ3n) is 3.81. The minimum atomic E-state index is 0.377. The molecule has 1 aliphatic rings. The van der Waals surface area contributed by atoms with E-state index >= 15 is 0 Å². The summed E-state index contributed by atoms with van der Waals surface area (Å²) in [5.41, 5.74) is 2.84. The highest BCUT2D eigenvalue weighted by Gasteiger charge is 2.20. The smallest absolute Gasteiger partial charge is 0.0705 e. The molecule has 0 unspecified atom stereocenters. The molecule has 3 rings (SSSR count). The van der Waals surface area contributed by atoms with Gasteiger partial charge in [-0.25, -0.2) is 0 Å². The molecule has 0 spiro atoms. The summed E-state index contributed by atoms with van der Waals surface area (Å²) in [7, 11) is 0. The van der Waals surface area contributed by atoms with Crippen LogP contribution in [0.3, 0.4) is 0 Å². The second-order valence-corrected chi connectivity index (χ2v) is 6.16. The number of morpholine rings is 1. The molecule has 20 heavy (non-hydrogen) atoms. The molecule has 0 bridgehead atoms. The van der Waals surface area contributed by atoms with Gasteiger partial charge in [-0.15, -0.1) is 0 Å². The van der Waals surface area contributed by atoms with E-state index in [1.807, 2.05) is 0 Å². The van der Waals surface area contributed by atoms with Gasteiger partial charge in [0.2, 0.25) is 0 Å². The summed E-state index contributed by atoms with van der Waals surface area (Å²) in [5.74, 6) is 0. The second-order valence-electron chi connectivity index (χ2n) is 5.38. The SMILES string of the molecule is c1ccc(CC[C@@H]2CN(Cc3ccsc3)CCO2)cc1. The van der Waals surface area contributed by atoms with Gasteiger partial charge in [-0.1, -0.05) is 30.3 Å². The predicted octanol–water partition coefficient (Wildman–Crippen LogP) is 3.58. The first-order chi connectivity index (χ1) is 9.90. The summed E-state index contributed by atoms with van der Waals surface area (Å²) in [6.07, 6.45) is 2.60. The van der Waals surface area contributed by atoms with E-state index in [4.69, 9.17) is 4.74 Å². The molecule has 1 aliphatic heterocycles. The molecule has 1 fully saturated rings. The van der Waals surface area contributed by atoms with Gasteiger partial charge in [0.25, 0.3) is 0 Å². The normalized spacial score (nSPS) is 20.1. The molecular formula is C17H21NOS. The van der Waals surface area contributed by atoms with Crippen molar-refractivity contribution in [2.24, 2.45) is 0 Å². The van der Waals surface area contributed by atoms with Crippen LogP contribution in [-0.2, 0) is 17.7 Å². The van der Waals surface area contributed by atoms with Crippen LogP contribution >= 0.6 is 11.3 Å². The Labute approximate surface area is 125 Å². The van der Waals surface area contributed by atoms with E-state index < -0.39 is 0 Å². The first-order valence-electron chi connectivity index (χ1n) is 7.29. The van der Waals surface area contributed by atoms with Crippen LogP contribution in [0, 0.1) is 0 Å². The molecule has 1 aromatic heterocycles. The Hall–Kier alpha value is -1.16. The van der Waals surface area contributed by atoms with Gasteiger partial charge >= 0.3 is 0 Å². The summed E-state index contributed by atoms with van der Waals surface area (Å²) < 4.78 is 5.91. The van der Waals surface area contributed by atoms with Crippen molar-refractivity contribution in [1.82, 2.24) is 4.90 Å². The van der Waals surface area contributed by atoms with E-state index in [2.05, 4.69) is 52.1 Å². The zero-order chi connectivity index (χ0) is 13.6. The topological polar surface area (TPSA) is 12.5 Å². The maximum Gasteiger partial charge on any atom is 0.0705 e. The number of hydrogen-bond donors (Lipinski definition) is 0. The van der Waals surface area contributed by atoms with Crippen molar-refractivity contribution in [3.05, 3.63) is 58.3 Å². The van der Waals surface area contributed by atoms with Crippen molar-refractivity contribution in [2.45, 2.75) is 25.5 Å². The summed E-state index contributed by atoms with van der Waals surface area (Å²) in [4.78, 5) is 2.52. The molecule has 1 atom stereocenters. The average molecular weight is 287 g/mol. The van der Waals surface area contributed by atoms with E-state index in [0.717, 1.165) is 39.1 Å². The fourth-order valence-corrected chi connectivity index (χ4v) is 3.37. The lowest BCUT2D eigenvalue weighted by Gasteiger charge is -2.32. The van der Waals surface area contributed by atoms with E-state index in [9.17, 15) is 0 Å². The highest BCUT2D eigenvalue weighted by atomic mass is 32.1. The fourth-order valence-electron chi connectivity index (χ4n) is 2.71. The second kappa shape index (κ2) is 7.02. The molecule has 2 aromatic rings. The summed E-state index contributed by atoms with van der Waals surface area (Å²) in [5, 5.41) is 4.40. The number of ether oxygens (including phenoxy) is 1. The quantitative estimate of drug-likeness (QED) is 0.833. The summed E-state index contributed by atoms with van der Waals surface area (Å²) in [6, 6.07) is 12.9. The van der Waals surface area contributed by atoms with E-state index in [1.54, 1.807) is 11.3 Å². The Balaban J connectivity index is 1.48. The monoisotopic (exact) mass is 287 g/mol. The minimum Gasteiger partial charge on any atom is -0.376 e. The largest absolute Gasteiger partial charge is 0.376 e. The van der Waals surface area contributed by atoms with Crippen LogP contribution in [-0.4, -0.2) is 30.7 Å². The molecule has 2 heterocycles. The third-order valence-corrected chi connectivity index (χ3v) is 4.54. The van der Waals surface area contributed by atoms with Crippen molar-refractivity contribution in [3.63, 3.8) is 0 Å². The minimum absolute atomic E-state index is 0.377. The number of aryl methyl sites for hydroxylation is 1. The Morgan fingerprint density at radius 1 is 1.15 bits per heavy atom. The molecule has 2 nitrogen and oxygen atoms in total. The average Bonchev–Trinajstić information content (AvgIpc) is 3.00. The molecule has 0 aliphatic carbocycles. The molecule has 106 valence electrons. The maximum atomic E-state index is 5.91. The van der Waals surface area contributed by atoms with Gasteiger partial charge in [0.15, 0.2) is 0 Å². The van der Waals surface area contributed by atoms with Crippen molar-refractivity contribution < 1.29 is 4.74 Å². The van der Waals surface area contributed by atoms with E-state index in [0.29, 0.717) is 6.10 Å². The van der Waals surface area contributed by atoms with Crippen LogP contribution in [0.15, 0.2) is 47.2 Å². The Bertz CT molecular complexity index is 497. The van der Waals surface area contributed by atoms with Crippen molar-refractivity contribution >= 4 is 11.3 Å². The lowest BCUT2D eigenvalue weighted by atomic mass is 10.1. The zero-order valence-corrected chi connectivity index (χ0v) is 12.5. The summed E-state index contributed by atoms with van der Waals surface area (Å²) >= 11 is 1.78. The number of benzene rings is 1. The van der Waals surface area contributed by atoms with Crippen LogP contribution < -0.4 is 0 Å². The Morgan fingerprint density at radius 3 is 2.85 bits per heavy atom. The van der Waals surface area contributed by atoms with Crippen LogP contribution in [0.5, 0.6) is 0 Å². The van der Waals surface area contributed by atoms with Gasteiger partial charge in [-0.05, 0) is 40.8 Å². The van der Waals surface area contributed by atoms with Crippen molar-refractivity contribution in [2.75, 3.05) is 19.7 Å².